The molecule has 0 atom stereocenters. The Labute approximate surface area is 98.0 Å². The minimum atomic E-state index is -0.485. The van der Waals surface area contributed by atoms with E-state index in [2.05, 4.69) is 20.9 Å². The van der Waals surface area contributed by atoms with E-state index in [0.717, 1.165) is 0 Å². The third-order valence-electron chi connectivity index (χ3n) is 1.80. The molecule has 0 radical (unpaired) electrons. The standard InChI is InChI=1S/C9H3BrCl2FN/c10-9-4-1-5(11)7(13)2-8(4)14-3-6(9)12/h1-3H. The van der Waals surface area contributed by atoms with E-state index in [1.165, 1.54) is 18.3 Å². The summed E-state index contributed by atoms with van der Waals surface area (Å²) in [6, 6.07) is 2.77. The molecular formula is C9H3BrCl2FN. The van der Waals surface area contributed by atoms with E-state index in [-0.39, 0.29) is 5.02 Å². The summed E-state index contributed by atoms with van der Waals surface area (Å²) < 4.78 is 13.7. The fraction of sp³-hybridized carbons (Fsp3) is 0. The summed E-state index contributed by atoms with van der Waals surface area (Å²) in [5.74, 6) is -0.485. The molecule has 0 aliphatic heterocycles. The number of aromatic nitrogens is 1. The first-order valence-corrected chi connectivity index (χ1v) is 5.23. The molecule has 0 aliphatic carbocycles. The summed E-state index contributed by atoms with van der Waals surface area (Å²) in [6.07, 6.45) is 1.46. The van der Waals surface area contributed by atoms with Crippen LogP contribution in [0.3, 0.4) is 0 Å². The molecule has 2 rings (SSSR count). The third-order valence-corrected chi connectivity index (χ3v) is 3.46. The number of nitrogens with zero attached hydrogens (tertiary/aromatic N) is 1. The van der Waals surface area contributed by atoms with E-state index < -0.39 is 5.82 Å². The number of hydrogen-bond donors (Lipinski definition) is 0. The molecule has 0 aliphatic rings. The Morgan fingerprint density at radius 2 is 1.93 bits per heavy atom. The lowest BCUT2D eigenvalue weighted by molar-refractivity contribution is 0.630. The largest absolute Gasteiger partial charge is 0.255 e. The minimum Gasteiger partial charge on any atom is -0.255 e. The Balaban J connectivity index is 2.89. The van der Waals surface area contributed by atoms with Crippen LogP contribution >= 0.6 is 39.1 Å². The molecule has 0 unspecified atom stereocenters. The van der Waals surface area contributed by atoms with Gasteiger partial charge in [-0.05, 0) is 22.0 Å². The van der Waals surface area contributed by atoms with Crippen molar-refractivity contribution in [3.05, 3.63) is 38.7 Å². The van der Waals surface area contributed by atoms with E-state index in [9.17, 15) is 4.39 Å². The van der Waals surface area contributed by atoms with Gasteiger partial charge in [0.25, 0.3) is 0 Å². The van der Waals surface area contributed by atoms with Crippen molar-refractivity contribution in [1.29, 1.82) is 0 Å². The van der Waals surface area contributed by atoms with Gasteiger partial charge in [0.15, 0.2) is 0 Å². The zero-order valence-electron chi connectivity index (χ0n) is 6.69. The highest BCUT2D eigenvalue weighted by Gasteiger charge is 2.08. The number of rotatable bonds is 0. The summed E-state index contributed by atoms with van der Waals surface area (Å²) in [5, 5.41) is 1.23. The van der Waals surface area contributed by atoms with Crippen LogP contribution in [0.5, 0.6) is 0 Å². The number of hydrogen-bond acceptors (Lipinski definition) is 1. The molecule has 0 bridgehead atoms. The van der Waals surface area contributed by atoms with E-state index in [1.54, 1.807) is 0 Å². The molecule has 2 aromatic rings. The first kappa shape index (κ1) is 10.1. The molecule has 14 heavy (non-hydrogen) atoms. The lowest BCUT2D eigenvalue weighted by Gasteiger charge is -2.03. The molecule has 1 nitrogen and oxygen atoms in total. The predicted molar refractivity (Wildman–Crippen MR) is 59.4 cm³/mol. The fourth-order valence-corrected chi connectivity index (χ4v) is 1.86. The number of pyridine rings is 1. The molecule has 0 saturated carbocycles. The summed E-state index contributed by atoms with van der Waals surface area (Å²) in [5.41, 5.74) is 0.517. The molecule has 72 valence electrons. The Hall–Kier alpha value is -0.380. The molecule has 0 fully saturated rings. The van der Waals surface area contributed by atoms with Gasteiger partial charge in [-0.1, -0.05) is 23.2 Å². The van der Waals surface area contributed by atoms with Crippen LogP contribution in [0.25, 0.3) is 10.9 Å². The third kappa shape index (κ3) is 1.60. The maximum absolute atomic E-state index is 13.1. The minimum absolute atomic E-state index is 0.0577. The highest BCUT2D eigenvalue weighted by atomic mass is 79.9. The molecule has 1 aromatic heterocycles. The van der Waals surface area contributed by atoms with Gasteiger partial charge < -0.3 is 0 Å². The van der Waals surface area contributed by atoms with Crippen molar-refractivity contribution in [2.75, 3.05) is 0 Å². The molecular weight excluding hydrogens is 292 g/mol. The maximum Gasteiger partial charge on any atom is 0.143 e. The number of halogens is 4. The van der Waals surface area contributed by atoms with Gasteiger partial charge in [-0.25, -0.2) is 4.39 Å². The Morgan fingerprint density at radius 1 is 1.21 bits per heavy atom. The second-order valence-corrected chi connectivity index (χ2v) is 4.31. The van der Waals surface area contributed by atoms with Crippen molar-refractivity contribution in [1.82, 2.24) is 4.98 Å². The highest BCUT2D eigenvalue weighted by molar-refractivity contribution is 9.10. The van der Waals surface area contributed by atoms with E-state index in [1.807, 2.05) is 0 Å². The summed E-state index contributed by atoms with van der Waals surface area (Å²) in [4.78, 5) is 3.98. The quantitative estimate of drug-likeness (QED) is 0.700. The molecule has 0 amide bonds. The van der Waals surface area contributed by atoms with Crippen molar-refractivity contribution >= 4 is 50.0 Å². The zero-order chi connectivity index (χ0) is 10.3. The van der Waals surface area contributed by atoms with Gasteiger partial charge in [0.2, 0.25) is 0 Å². The van der Waals surface area contributed by atoms with Crippen LogP contribution in [0.2, 0.25) is 10.0 Å². The molecule has 0 spiro atoms. The number of benzene rings is 1. The smallest absolute Gasteiger partial charge is 0.143 e. The van der Waals surface area contributed by atoms with Crippen LogP contribution in [-0.2, 0) is 0 Å². The summed E-state index contributed by atoms with van der Waals surface area (Å²) in [7, 11) is 0. The normalized spacial score (nSPS) is 10.9. The average Bonchev–Trinajstić information content (AvgIpc) is 2.15. The van der Waals surface area contributed by atoms with Gasteiger partial charge in [0.05, 0.1) is 15.6 Å². The van der Waals surface area contributed by atoms with E-state index >= 15 is 0 Å². The highest BCUT2D eigenvalue weighted by Crippen LogP contribution is 2.32. The van der Waals surface area contributed by atoms with Gasteiger partial charge in [-0.3, -0.25) is 4.98 Å². The lowest BCUT2D eigenvalue weighted by atomic mass is 10.2. The number of fused-ring (bicyclic) bond motifs is 1. The second kappa shape index (κ2) is 3.65. The van der Waals surface area contributed by atoms with Crippen LogP contribution < -0.4 is 0 Å². The van der Waals surface area contributed by atoms with Crippen LogP contribution in [-0.4, -0.2) is 4.98 Å². The van der Waals surface area contributed by atoms with Gasteiger partial charge in [0.1, 0.15) is 5.82 Å². The van der Waals surface area contributed by atoms with Crippen LogP contribution in [0, 0.1) is 5.82 Å². The first-order chi connectivity index (χ1) is 6.59. The van der Waals surface area contributed by atoms with Crippen LogP contribution in [0.15, 0.2) is 22.8 Å². The second-order valence-electron chi connectivity index (χ2n) is 2.70. The summed E-state index contributed by atoms with van der Waals surface area (Å²) in [6.45, 7) is 0. The molecule has 1 heterocycles. The van der Waals surface area contributed by atoms with E-state index in [4.69, 9.17) is 23.2 Å². The maximum atomic E-state index is 13.1. The van der Waals surface area contributed by atoms with Gasteiger partial charge in [0, 0.05) is 22.1 Å². The van der Waals surface area contributed by atoms with Crippen molar-refractivity contribution in [3.63, 3.8) is 0 Å². The Kier molecular flexibility index (Phi) is 2.64. The van der Waals surface area contributed by atoms with E-state index in [0.29, 0.717) is 20.4 Å². The fourth-order valence-electron chi connectivity index (χ4n) is 1.13. The molecule has 1 aromatic carbocycles. The van der Waals surface area contributed by atoms with Crippen molar-refractivity contribution in [3.8, 4) is 0 Å². The average molecular weight is 295 g/mol. The van der Waals surface area contributed by atoms with Gasteiger partial charge >= 0.3 is 0 Å². The zero-order valence-corrected chi connectivity index (χ0v) is 9.79. The Morgan fingerprint density at radius 3 is 2.64 bits per heavy atom. The van der Waals surface area contributed by atoms with Gasteiger partial charge in [-0.15, -0.1) is 0 Å². The predicted octanol–water partition coefficient (Wildman–Crippen LogP) is 4.44. The van der Waals surface area contributed by atoms with Crippen molar-refractivity contribution < 1.29 is 4.39 Å². The SMILES string of the molecule is Fc1cc2ncc(Cl)c(Br)c2cc1Cl. The molecule has 0 N–H and O–H groups in total. The molecule has 0 saturated heterocycles. The Bertz CT molecular complexity index is 516. The van der Waals surface area contributed by atoms with Crippen molar-refractivity contribution in [2.45, 2.75) is 0 Å². The van der Waals surface area contributed by atoms with Gasteiger partial charge in [-0.2, -0.15) is 0 Å². The van der Waals surface area contributed by atoms with Crippen LogP contribution in [0.1, 0.15) is 0 Å². The van der Waals surface area contributed by atoms with Crippen LogP contribution in [0.4, 0.5) is 4.39 Å². The first-order valence-electron chi connectivity index (χ1n) is 3.68. The molecule has 5 heteroatoms. The topological polar surface area (TPSA) is 12.9 Å². The summed E-state index contributed by atoms with van der Waals surface area (Å²) >= 11 is 14.8. The lowest BCUT2D eigenvalue weighted by Crippen LogP contribution is -1.84. The monoisotopic (exact) mass is 293 g/mol. The van der Waals surface area contributed by atoms with Crippen molar-refractivity contribution in [2.24, 2.45) is 0 Å².